The third-order valence-corrected chi connectivity index (χ3v) is 15.7. The van der Waals surface area contributed by atoms with Crippen molar-refractivity contribution in [1.29, 1.82) is 0 Å². The standard InChI is InChI=1S/C20H44O9Si4/c1-12-13-25-20(24)18(16(2)19(23)26-15-17(22)14-21)33(27-30(3,4)5,28-31(6,7)8)29-32(9,10)11/h17-18,21-22H,2,12-15H2,1,3-11H3. The van der Waals surface area contributed by atoms with Crippen molar-refractivity contribution in [2.75, 3.05) is 19.8 Å². The summed E-state index contributed by atoms with van der Waals surface area (Å²) < 4.78 is 30.4. The minimum Gasteiger partial charge on any atom is -0.465 e. The first-order valence-electron chi connectivity index (χ1n) is 11.2. The summed E-state index contributed by atoms with van der Waals surface area (Å²) in [5.41, 5.74) is -1.52. The van der Waals surface area contributed by atoms with E-state index in [0.717, 1.165) is 0 Å². The molecule has 0 bridgehead atoms. The summed E-state index contributed by atoms with van der Waals surface area (Å²) in [5, 5.41) is 18.6. The van der Waals surface area contributed by atoms with Crippen LogP contribution in [-0.4, -0.2) is 81.8 Å². The van der Waals surface area contributed by atoms with Crippen LogP contribution >= 0.6 is 0 Å². The SMILES string of the molecule is C=C(C(=O)OCC(O)CO)C(C(=O)OCCC)[Si](O[Si](C)(C)C)(O[Si](C)(C)C)O[Si](C)(C)C. The normalized spacial score (nSPS) is 15.0. The summed E-state index contributed by atoms with van der Waals surface area (Å²) in [5.74, 6) is -1.61. The second kappa shape index (κ2) is 12.9. The van der Waals surface area contributed by atoms with Gasteiger partial charge < -0.3 is 32.0 Å². The quantitative estimate of drug-likeness (QED) is 0.183. The van der Waals surface area contributed by atoms with Gasteiger partial charge in [-0.15, -0.1) is 0 Å². The van der Waals surface area contributed by atoms with Crippen LogP contribution in [0.2, 0.25) is 64.5 Å². The van der Waals surface area contributed by atoms with Crippen molar-refractivity contribution >= 4 is 45.7 Å². The van der Waals surface area contributed by atoms with Crippen LogP contribution in [0.5, 0.6) is 0 Å². The maximum absolute atomic E-state index is 13.4. The molecule has 0 aliphatic carbocycles. The van der Waals surface area contributed by atoms with Gasteiger partial charge in [0, 0.05) is 5.57 Å². The van der Waals surface area contributed by atoms with Gasteiger partial charge in [0.2, 0.25) is 0 Å². The number of esters is 2. The minimum atomic E-state index is -3.94. The molecule has 0 saturated heterocycles. The van der Waals surface area contributed by atoms with E-state index in [1.54, 1.807) is 0 Å². The second-order valence-electron chi connectivity index (χ2n) is 10.8. The van der Waals surface area contributed by atoms with Crippen LogP contribution in [-0.2, 0) is 31.4 Å². The lowest BCUT2D eigenvalue weighted by molar-refractivity contribution is -0.148. The first kappa shape index (κ1) is 32.3. The second-order valence-corrected chi connectivity index (χ2v) is 27.7. The highest BCUT2D eigenvalue weighted by Crippen LogP contribution is 2.40. The summed E-state index contributed by atoms with van der Waals surface area (Å²) >= 11 is 0. The third-order valence-electron chi connectivity index (χ3n) is 3.61. The molecule has 13 heteroatoms. The smallest absolute Gasteiger partial charge is 0.465 e. The minimum absolute atomic E-state index is 0.151. The summed E-state index contributed by atoms with van der Waals surface area (Å²) in [6, 6.07) is 0. The van der Waals surface area contributed by atoms with Gasteiger partial charge in [-0.1, -0.05) is 13.5 Å². The van der Waals surface area contributed by atoms with Gasteiger partial charge in [0.05, 0.1) is 13.2 Å². The first-order chi connectivity index (χ1) is 14.8. The zero-order valence-corrected chi connectivity index (χ0v) is 25.9. The average molecular weight is 541 g/mol. The molecule has 33 heavy (non-hydrogen) atoms. The lowest BCUT2D eigenvalue weighted by atomic mass is 10.2. The van der Waals surface area contributed by atoms with Crippen LogP contribution in [0.1, 0.15) is 13.3 Å². The van der Waals surface area contributed by atoms with Gasteiger partial charge in [0.1, 0.15) is 12.7 Å². The highest BCUT2D eigenvalue weighted by Gasteiger charge is 2.61. The van der Waals surface area contributed by atoms with Crippen LogP contribution in [0.3, 0.4) is 0 Å². The summed E-state index contributed by atoms with van der Waals surface area (Å²) in [4.78, 5) is 26.3. The maximum Gasteiger partial charge on any atom is 0.489 e. The molecule has 0 aromatic carbocycles. The van der Waals surface area contributed by atoms with Gasteiger partial charge >= 0.3 is 20.7 Å². The molecule has 9 nitrogen and oxygen atoms in total. The fourth-order valence-corrected chi connectivity index (χ4v) is 16.9. The molecule has 0 aliphatic heterocycles. The molecule has 0 spiro atoms. The Morgan fingerprint density at radius 2 is 1.27 bits per heavy atom. The number of carbonyl (C=O) groups is 2. The Hall–Kier alpha value is -0.652. The number of carbonyl (C=O) groups excluding carboxylic acids is 2. The van der Waals surface area contributed by atoms with Crippen molar-refractivity contribution in [2.24, 2.45) is 0 Å². The van der Waals surface area contributed by atoms with Gasteiger partial charge in [-0.25, -0.2) is 4.79 Å². The van der Waals surface area contributed by atoms with Crippen molar-refractivity contribution in [3.63, 3.8) is 0 Å². The Morgan fingerprint density at radius 3 is 1.61 bits per heavy atom. The van der Waals surface area contributed by atoms with E-state index in [9.17, 15) is 14.7 Å². The lowest BCUT2D eigenvalue weighted by Gasteiger charge is -2.45. The summed E-state index contributed by atoms with van der Waals surface area (Å²) in [6.07, 6.45) is -0.658. The van der Waals surface area contributed by atoms with E-state index in [0.29, 0.717) is 6.42 Å². The first-order valence-corrected chi connectivity index (χ1v) is 23.2. The number of hydrogen-bond donors (Lipinski definition) is 2. The van der Waals surface area contributed by atoms with Crippen molar-refractivity contribution in [3.05, 3.63) is 12.2 Å². The largest absolute Gasteiger partial charge is 0.489 e. The molecule has 0 rings (SSSR count). The van der Waals surface area contributed by atoms with Gasteiger partial charge in [-0.05, 0) is 65.3 Å². The number of hydrogen-bond acceptors (Lipinski definition) is 9. The fraction of sp³-hybridized carbons (Fsp3) is 0.800. The van der Waals surface area contributed by atoms with Crippen molar-refractivity contribution in [3.8, 4) is 0 Å². The third kappa shape index (κ3) is 12.6. The maximum atomic E-state index is 13.4. The van der Waals surface area contributed by atoms with E-state index in [1.807, 2.05) is 65.8 Å². The van der Waals surface area contributed by atoms with Crippen molar-refractivity contribution in [2.45, 2.75) is 83.9 Å². The molecule has 0 saturated carbocycles. The molecule has 2 atom stereocenters. The molecular weight excluding hydrogens is 497 g/mol. The molecule has 0 radical (unpaired) electrons. The Balaban J connectivity index is 6.72. The van der Waals surface area contributed by atoms with E-state index in [2.05, 4.69) is 6.58 Å². The monoisotopic (exact) mass is 540 g/mol. The molecule has 0 fully saturated rings. The highest BCUT2D eigenvalue weighted by atomic mass is 28.5. The van der Waals surface area contributed by atoms with Gasteiger partial charge in [0.25, 0.3) is 0 Å². The number of aliphatic hydroxyl groups excluding tert-OH is 2. The van der Waals surface area contributed by atoms with Crippen LogP contribution in [0.4, 0.5) is 0 Å². The van der Waals surface area contributed by atoms with E-state index >= 15 is 0 Å². The van der Waals surface area contributed by atoms with Gasteiger partial charge in [-0.3, -0.25) is 4.79 Å². The van der Waals surface area contributed by atoms with Gasteiger partial charge in [0.15, 0.2) is 30.5 Å². The molecule has 0 amide bonds. The molecule has 0 aromatic heterocycles. The van der Waals surface area contributed by atoms with Crippen LogP contribution in [0, 0.1) is 0 Å². The molecular formula is C20H44O9Si4. The number of aliphatic hydroxyl groups is 2. The molecule has 0 aliphatic rings. The predicted octanol–water partition coefficient (Wildman–Crippen LogP) is 3.26. The highest BCUT2D eigenvalue weighted by molar-refractivity contribution is 6.92. The van der Waals surface area contributed by atoms with E-state index in [-0.39, 0.29) is 12.2 Å². The fourth-order valence-electron chi connectivity index (χ4n) is 2.74. The summed E-state index contributed by atoms with van der Waals surface area (Å²) in [7, 11) is -11.1. The van der Waals surface area contributed by atoms with Crippen molar-refractivity contribution in [1.82, 2.24) is 0 Å². The summed E-state index contributed by atoms with van der Waals surface area (Å²) in [6.45, 7) is 22.5. The molecule has 0 heterocycles. The predicted molar refractivity (Wildman–Crippen MR) is 137 cm³/mol. The topological polar surface area (TPSA) is 121 Å². The molecule has 0 aromatic rings. The van der Waals surface area contributed by atoms with Crippen LogP contribution < -0.4 is 0 Å². The lowest BCUT2D eigenvalue weighted by Crippen LogP contribution is -2.65. The molecule has 194 valence electrons. The number of ether oxygens (including phenoxy) is 2. The zero-order valence-electron chi connectivity index (χ0n) is 21.9. The Bertz CT molecular complexity index is 625. The molecule has 2 N–H and O–H groups in total. The van der Waals surface area contributed by atoms with E-state index < -0.39 is 70.6 Å². The average Bonchev–Trinajstić information content (AvgIpc) is 2.59. The Morgan fingerprint density at radius 1 is 0.848 bits per heavy atom. The number of rotatable bonds is 15. The zero-order chi connectivity index (χ0) is 26.3. The van der Waals surface area contributed by atoms with Crippen molar-refractivity contribution < 1.29 is 41.6 Å². The Labute approximate surface area is 203 Å². The van der Waals surface area contributed by atoms with E-state index in [1.165, 1.54) is 0 Å². The van der Waals surface area contributed by atoms with Crippen LogP contribution in [0.15, 0.2) is 12.2 Å². The van der Waals surface area contributed by atoms with Gasteiger partial charge in [-0.2, -0.15) is 0 Å². The Kier molecular flexibility index (Phi) is 12.6. The van der Waals surface area contributed by atoms with E-state index in [4.69, 9.17) is 26.9 Å². The molecule has 2 unspecified atom stereocenters. The van der Waals surface area contributed by atoms with Crippen LogP contribution in [0.25, 0.3) is 0 Å².